The number of hydrogen-bond acceptors (Lipinski definition) is 3. The number of amides is 1. The Balaban J connectivity index is 0.00000220. The van der Waals surface area contributed by atoms with E-state index in [2.05, 4.69) is 6.92 Å². The number of benzene rings is 1. The van der Waals surface area contributed by atoms with Gasteiger partial charge in [-0.3, -0.25) is 4.79 Å². The molecule has 118 valence electrons. The van der Waals surface area contributed by atoms with Crippen molar-refractivity contribution in [1.29, 1.82) is 0 Å². The minimum Gasteiger partial charge on any atom is -0.367 e. The number of hydrogen-bond donors (Lipinski definition) is 1. The lowest BCUT2D eigenvalue weighted by atomic mass is 9.92. The first-order valence-electron chi connectivity index (χ1n) is 7.32. The molecule has 5 heteroatoms. The molecule has 1 heterocycles. The van der Waals surface area contributed by atoms with Crippen LogP contribution in [-0.2, 0) is 16.1 Å². The molecule has 2 N–H and O–H groups in total. The molecule has 2 unspecified atom stereocenters. The Kier molecular flexibility index (Phi) is 7.72. The van der Waals surface area contributed by atoms with Crippen LogP contribution in [0.3, 0.4) is 0 Å². The summed E-state index contributed by atoms with van der Waals surface area (Å²) in [5, 5.41) is 0. The zero-order valence-corrected chi connectivity index (χ0v) is 13.3. The third-order valence-corrected chi connectivity index (χ3v) is 3.91. The molecule has 0 saturated carbocycles. The van der Waals surface area contributed by atoms with Gasteiger partial charge in [0.15, 0.2) is 0 Å². The maximum atomic E-state index is 12.2. The van der Waals surface area contributed by atoms with Gasteiger partial charge >= 0.3 is 0 Å². The van der Waals surface area contributed by atoms with E-state index in [1.807, 2.05) is 35.2 Å². The highest BCUT2D eigenvalue weighted by molar-refractivity contribution is 5.85. The molecule has 2 rings (SSSR count). The van der Waals surface area contributed by atoms with Gasteiger partial charge in [0.25, 0.3) is 0 Å². The van der Waals surface area contributed by atoms with Crippen LogP contribution in [0.4, 0.5) is 0 Å². The van der Waals surface area contributed by atoms with Crippen LogP contribution in [0.2, 0.25) is 0 Å². The Morgan fingerprint density at radius 1 is 1.38 bits per heavy atom. The molecule has 21 heavy (non-hydrogen) atoms. The maximum absolute atomic E-state index is 12.2. The summed E-state index contributed by atoms with van der Waals surface area (Å²) in [5.41, 5.74) is 6.86. The topological polar surface area (TPSA) is 55.6 Å². The van der Waals surface area contributed by atoms with Gasteiger partial charge in [0, 0.05) is 19.1 Å². The second kappa shape index (κ2) is 9.03. The van der Waals surface area contributed by atoms with Crippen LogP contribution < -0.4 is 5.73 Å². The van der Waals surface area contributed by atoms with Crippen LogP contribution in [0, 0.1) is 5.92 Å². The SMILES string of the molecule is CC1CCN(C(=O)COCc2ccccc2)C(CN)C1.Cl. The lowest BCUT2D eigenvalue weighted by Crippen LogP contribution is -2.50. The predicted octanol–water partition coefficient (Wildman–Crippen LogP) is 2.21. The number of likely N-dealkylation sites (tertiary alicyclic amines) is 1. The van der Waals surface area contributed by atoms with Crippen molar-refractivity contribution < 1.29 is 9.53 Å². The Hall–Kier alpha value is -1.10. The minimum atomic E-state index is 0. The second-order valence-electron chi connectivity index (χ2n) is 5.58. The minimum absolute atomic E-state index is 0. The molecule has 4 nitrogen and oxygen atoms in total. The summed E-state index contributed by atoms with van der Waals surface area (Å²) in [6.45, 7) is 4.17. The molecule has 0 spiro atoms. The van der Waals surface area contributed by atoms with Gasteiger partial charge in [-0.05, 0) is 24.3 Å². The van der Waals surface area contributed by atoms with E-state index in [9.17, 15) is 4.79 Å². The van der Waals surface area contributed by atoms with Crippen molar-refractivity contribution in [2.75, 3.05) is 19.7 Å². The average Bonchev–Trinajstić information content (AvgIpc) is 2.48. The number of ether oxygens (including phenoxy) is 1. The Labute approximate surface area is 133 Å². The molecule has 2 atom stereocenters. The van der Waals surface area contributed by atoms with Gasteiger partial charge in [0.05, 0.1) is 6.61 Å². The normalized spacial score (nSPS) is 21.7. The van der Waals surface area contributed by atoms with Crippen LogP contribution >= 0.6 is 12.4 Å². The zero-order valence-electron chi connectivity index (χ0n) is 12.5. The molecular weight excluding hydrogens is 288 g/mol. The molecule has 1 fully saturated rings. The summed E-state index contributed by atoms with van der Waals surface area (Å²) in [4.78, 5) is 14.1. The molecule has 0 bridgehead atoms. The predicted molar refractivity (Wildman–Crippen MR) is 86.3 cm³/mol. The highest BCUT2D eigenvalue weighted by atomic mass is 35.5. The monoisotopic (exact) mass is 312 g/mol. The molecule has 1 amide bonds. The van der Waals surface area contributed by atoms with Crippen molar-refractivity contribution in [1.82, 2.24) is 4.90 Å². The van der Waals surface area contributed by atoms with E-state index in [0.29, 0.717) is 19.1 Å². The molecular formula is C16H25ClN2O2. The Morgan fingerprint density at radius 3 is 2.76 bits per heavy atom. The number of halogens is 1. The second-order valence-corrected chi connectivity index (χ2v) is 5.58. The number of carbonyl (C=O) groups excluding carboxylic acids is 1. The van der Waals surface area contributed by atoms with Crippen LogP contribution in [-0.4, -0.2) is 36.5 Å². The van der Waals surface area contributed by atoms with E-state index in [0.717, 1.165) is 24.9 Å². The number of piperidine rings is 1. The number of rotatable bonds is 5. The standard InChI is InChI=1S/C16H24N2O2.ClH/c1-13-7-8-18(15(9-13)10-17)16(19)12-20-11-14-5-3-2-4-6-14;/h2-6,13,15H,7-12,17H2,1H3;1H. The summed E-state index contributed by atoms with van der Waals surface area (Å²) in [6, 6.07) is 10.1. The fourth-order valence-electron chi connectivity index (χ4n) is 2.72. The molecule has 1 aromatic rings. The van der Waals surface area contributed by atoms with E-state index in [4.69, 9.17) is 10.5 Å². The van der Waals surface area contributed by atoms with Gasteiger partial charge in [-0.15, -0.1) is 12.4 Å². The quantitative estimate of drug-likeness (QED) is 0.907. The lowest BCUT2D eigenvalue weighted by molar-refractivity contribution is -0.140. The van der Waals surface area contributed by atoms with Crippen molar-refractivity contribution in [2.24, 2.45) is 11.7 Å². The molecule has 1 aliphatic heterocycles. The van der Waals surface area contributed by atoms with Crippen molar-refractivity contribution in [3.05, 3.63) is 35.9 Å². The van der Waals surface area contributed by atoms with Crippen LogP contribution in [0.15, 0.2) is 30.3 Å². The maximum Gasteiger partial charge on any atom is 0.248 e. The molecule has 0 aliphatic carbocycles. The van der Waals surface area contributed by atoms with E-state index < -0.39 is 0 Å². The van der Waals surface area contributed by atoms with Crippen molar-refractivity contribution in [2.45, 2.75) is 32.4 Å². The van der Waals surface area contributed by atoms with Gasteiger partial charge in [-0.25, -0.2) is 0 Å². The Morgan fingerprint density at radius 2 is 2.10 bits per heavy atom. The first-order chi connectivity index (χ1) is 9.70. The van der Waals surface area contributed by atoms with E-state index in [-0.39, 0.29) is 31.0 Å². The molecule has 0 radical (unpaired) electrons. The van der Waals surface area contributed by atoms with E-state index in [1.165, 1.54) is 0 Å². The van der Waals surface area contributed by atoms with Gasteiger partial charge in [0.2, 0.25) is 5.91 Å². The van der Waals surface area contributed by atoms with Gasteiger partial charge in [-0.1, -0.05) is 37.3 Å². The van der Waals surface area contributed by atoms with Crippen LogP contribution in [0.1, 0.15) is 25.3 Å². The molecule has 1 aliphatic rings. The molecule has 1 aromatic carbocycles. The highest BCUT2D eigenvalue weighted by Crippen LogP contribution is 2.21. The fraction of sp³-hybridized carbons (Fsp3) is 0.562. The van der Waals surface area contributed by atoms with E-state index in [1.54, 1.807) is 0 Å². The number of nitrogens with zero attached hydrogens (tertiary/aromatic N) is 1. The molecule has 0 aromatic heterocycles. The van der Waals surface area contributed by atoms with Crippen molar-refractivity contribution >= 4 is 18.3 Å². The van der Waals surface area contributed by atoms with Crippen molar-refractivity contribution in [3.8, 4) is 0 Å². The van der Waals surface area contributed by atoms with Gasteiger partial charge < -0.3 is 15.4 Å². The summed E-state index contributed by atoms with van der Waals surface area (Å²) in [6.07, 6.45) is 2.06. The summed E-state index contributed by atoms with van der Waals surface area (Å²) < 4.78 is 5.52. The van der Waals surface area contributed by atoms with Crippen molar-refractivity contribution in [3.63, 3.8) is 0 Å². The van der Waals surface area contributed by atoms with E-state index >= 15 is 0 Å². The third-order valence-electron chi connectivity index (χ3n) is 3.91. The van der Waals surface area contributed by atoms with Crippen LogP contribution in [0.25, 0.3) is 0 Å². The van der Waals surface area contributed by atoms with Gasteiger partial charge in [-0.2, -0.15) is 0 Å². The number of carbonyl (C=O) groups is 1. The largest absolute Gasteiger partial charge is 0.367 e. The van der Waals surface area contributed by atoms with Crippen LogP contribution in [0.5, 0.6) is 0 Å². The van der Waals surface area contributed by atoms with Gasteiger partial charge in [0.1, 0.15) is 6.61 Å². The Bertz CT molecular complexity index is 428. The first kappa shape index (κ1) is 18.0. The summed E-state index contributed by atoms with van der Waals surface area (Å²) in [7, 11) is 0. The third kappa shape index (κ3) is 5.30. The fourth-order valence-corrected chi connectivity index (χ4v) is 2.72. The molecule has 1 saturated heterocycles. The average molecular weight is 313 g/mol. The summed E-state index contributed by atoms with van der Waals surface area (Å²) in [5.74, 6) is 0.709. The summed E-state index contributed by atoms with van der Waals surface area (Å²) >= 11 is 0. The number of nitrogens with two attached hydrogens (primary N) is 1. The smallest absolute Gasteiger partial charge is 0.248 e. The lowest BCUT2D eigenvalue weighted by Gasteiger charge is -2.37. The first-order valence-corrected chi connectivity index (χ1v) is 7.32. The highest BCUT2D eigenvalue weighted by Gasteiger charge is 2.28. The zero-order chi connectivity index (χ0) is 14.4.